The molecule has 0 radical (unpaired) electrons. The highest BCUT2D eigenvalue weighted by molar-refractivity contribution is 5.14. The van der Waals surface area contributed by atoms with Crippen LogP contribution in [0.25, 0.3) is 0 Å². The summed E-state index contributed by atoms with van der Waals surface area (Å²) in [6.07, 6.45) is 1.62. The van der Waals surface area contributed by atoms with Gasteiger partial charge in [-0.1, -0.05) is 67.2 Å². The first-order valence-corrected chi connectivity index (χ1v) is 9.98. The molecule has 1 aromatic heterocycles. The highest BCUT2D eigenvalue weighted by Crippen LogP contribution is 2.13. The standard InChI is InChI=1S/C24H26N2O5/c1-2-23(26-14-13-22(27)25-24(26)28)31-21(17-29-15-19-9-5-3-6-10-19)18-30-16-20-11-7-4-8-12-20/h2-14,21,23H,1,15-18H2,(H,25,27,28)/t23-/m0/s1. The molecule has 0 spiro atoms. The summed E-state index contributed by atoms with van der Waals surface area (Å²) in [7, 11) is 0. The van der Waals surface area contributed by atoms with Crippen LogP contribution in [-0.2, 0) is 27.4 Å². The number of rotatable bonds is 12. The van der Waals surface area contributed by atoms with Crippen LogP contribution in [0.15, 0.2) is 95.2 Å². The smallest absolute Gasteiger partial charge is 0.330 e. The van der Waals surface area contributed by atoms with Gasteiger partial charge in [0.25, 0.3) is 5.56 Å². The van der Waals surface area contributed by atoms with E-state index in [0.29, 0.717) is 13.2 Å². The highest BCUT2D eigenvalue weighted by Gasteiger charge is 2.18. The molecular formula is C24H26N2O5. The SMILES string of the molecule is C=C[C@H](OC(COCc1ccccc1)COCc1ccccc1)n1ccc(=O)[nH]c1=O. The van der Waals surface area contributed by atoms with Gasteiger partial charge in [0.05, 0.1) is 26.4 Å². The molecule has 162 valence electrons. The summed E-state index contributed by atoms with van der Waals surface area (Å²) >= 11 is 0. The van der Waals surface area contributed by atoms with Crippen LogP contribution in [0, 0.1) is 0 Å². The second-order valence-corrected chi connectivity index (χ2v) is 6.90. The number of hydrogen-bond donors (Lipinski definition) is 1. The van der Waals surface area contributed by atoms with E-state index in [-0.39, 0.29) is 13.2 Å². The van der Waals surface area contributed by atoms with Crippen LogP contribution in [-0.4, -0.2) is 28.9 Å². The van der Waals surface area contributed by atoms with E-state index < -0.39 is 23.6 Å². The van der Waals surface area contributed by atoms with E-state index in [2.05, 4.69) is 11.6 Å². The van der Waals surface area contributed by atoms with E-state index >= 15 is 0 Å². The van der Waals surface area contributed by atoms with E-state index in [1.165, 1.54) is 22.9 Å². The Kier molecular flexibility index (Phi) is 8.54. The van der Waals surface area contributed by atoms with Crippen LogP contribution >= 0.6 is 0 Å². The topological polar surface area (TPSA) is 82.6 Å². The molecule has 2 aromatic carbocycles. The number of H-pyrrole nitrogens is 1. The third kappa shape index (κ3) is 7.18. The Morgan fingerprint density at radius 2 is 1.42 bits per heavy atom. The zero-order valence-corrected chi connectivity index (χ0v) is 17.2. The molecule has 1 heterocycles. The normalized spacial score (nSPS) is 12.0. The van der Waals surface area contributed by atoms with Gasteiger partial charge in [0.15, 0.2) is 6.23 Å². The van der Waals surface area contributed by atoms with Crippen molar-refractivity contribution < 1.29 is 14.2 Å². The average molecular weight is 422 g/mol. The van der Waals surface area contributed by atoms with E-state index in [0.717, 1.165) is 11.1 Å². The van der Waals surface area contributed by atoms with Crippen LogP contribution in [0.5, 0.6) is 0 Å². The second-order valence-electron chi connectivity index (χ2n) is 6.90. The Balaban J connectivity index is 1.64. The molecule has 3 aromatic rings. The van der Waals surface area contributed by atoms with Crippen molar-refractivity contribution in [3.63, 3.8) is 0 Å². The van der Waals surface area contributed by atoms with Gasteiger partial charge in [-0.15, -0.1) is 0 Å². The van der Waals surface area contributed by atoms with Crippen LogP contribution in [0.2, 0.25) is 0 Å². The molecule has 3 rings (SSSR count). The van der Waals surface area contributed by atoms with Gasteiger partial charge in [0, 0.05) is 12.3 Å². The second kappa shape index (κ2) is 11.8. The van der Waals surface area contributed by atoms with E-state index in [9.17, 15) is 9.59 Å². The first-order valence-electron chi connectivity index (χ1n) is 9.98. The average Bonchev–Trinajstić information content (AvgIpc) is 2.79. The van der Waals surface area contributed by atoms with Crippen LogP contribution in [0.3, 0.4) is 0 Å². The molecule has 0 fully saturated rings. The number of nitrogens with zero attached hydrogens (tertiary/aromatic N) is 1. The lowest BCUT2D eigenvalue weighted by molar-refractivity contribution is -0.105. The van der Waals surface area contributed by atoms with Crippen LogP contribution in [0.1, 0.15) is 17.4 Å². The molecule has 0 amide bonds. The lowest BCUT2D eigenvalue weighted by Gasteiger charge is -2.24. The van der Waals surface area contributed by atoms with Gasteiger partial charge in [-0.05, 0) is 17.2 Å². The van der Waals surface area contributed by atoms with Gasteiger partial charge in [-0.2, -0.15) is 0 Å². The van der Waals surface area contributed by atoms with Crippen molar-refractivity contribution in [1.29, 1.82) is 0 Å². The monoisotopic (exact) mass is 422 g/mol. The van der Waals surface area contributed by atoms with Crippen molar-refractivity contribution in [3.05, 3.63) is 118 Å². The minimum absolute atomic E-state index is 0.256. The summed E-state index contributed by atoms with van der Waals surface area (Å²) in [5.41, 5.74) is 1.04. The Hall–Kier alpha value is -3.26. The summed E-state index contributed by atoms with van der Waals surface area (Å²) in [6.45, 7) is 5.12. The summed E-state index contributed by atoms with van der Waals surface area (Å²) in [6, 6.07) is 20.9. The fraction of sp³-hybridized carbons (Fsp3) is 0.250. The molecule has 7 heteroatoms. The molecular weight excluding hydrogens is 396 g/mol. The number of hydrogen-bond acceptors (Lipinski definition) is 5. The van der Waals surface area contributed by atoms with Crippen LogP contribution in [0.4, 0.5) is 0 Å². The number of aromatic amines is 1. The minimum Gasteiger partial charge on any atom is -0.374 e. The highest BCUT2D eigenvalue weighted by atomic mass is 16.6. The van der Waals surface area contributed by atoms with Crippen molar-refractivity contribution in [2.45, 2.75) is 25.5 Å². The third-order valence-electron chi connectivity index (χ3n) is 4.49. The Morgan fingerprint density at radius 3 is 1.90 bits per heavy atom. The van der Waals surface area contributed by atoms with E-state index in [1.807, 2.05) is 60.7 Å². The summed E-state index contributed by atoms with van der Waals surface area (Å²) in [5, 5.41) is 0. The molecule has 31 heavy (non-hydrogen) atoms. The third-order valence-corrected chi connectivity index (χ3v) is 4.49. The first-order chi connectivity index (χ1) is 15.2. The Labute approximate surface area is 180 Å². The molecule has 0 aliphatic carbocycles. The number of nitrogens with one attached hydrogen (secondary N) is 1. The fourth-order valence-corrected chi connectivity index (χ4v) is 2.95. The molecule has 0 aliphatic rings. The minimum atomic E-state index is -0.782. The van der Waals surface area contributed by atoms with Crippen molar-refractivity contribution in [2.24, 2.45) is 0 Å². The predicted octanol–water partition coefficient (Wildman–Crippen LogP) is 3.04. The van der Waals surface area contributed by atoms with Gasteiger partial charge < -0.3 is 14.2 Å². The molecule has 1 N–H and O–H groups in total. The molecule has 1 atom stereocenters. The number of aromatic nitrogens is 2. The number of benzene rings is 2. The quantitative estimate of drug-likeness (QED) is 0.454. The molecule has 0 bridgehead atoms. The molecule has 0 aliphatic heterocycles. The lowest BCUT2D eigenvalue weighted by atomic mass is 10.2. The summed E-state index contributed by atoms with van der Waals surface area (Å²) in [5.74, 6) is 0. The van der Waals surface area contributed by atoms with Crippen LogP contribution < -0.4 is 11.2 Å². The Morgan fingerprint density at radius 1 is 0.871 bits per heavy atom. The van der Waals surface area contributed by atoms with Gasteiger partial charge in [-0.25, -0.2) is 4.79 Å². The number of ether oxygens (including phenoxy) is 3. The maximum atomic E-state index is 12.1. The van der Waals surface area contributed by atoms with Crippen molar-refractivity contribution in [1.82, 2.24) is 9.55 Å². The van der Waals surface area contributed by atoms with E-state index in [1.54, 1.807) is 0 Å². The predicted molar refractivity (Wildman–Crippen MR) is 118 cm³/mol. The maximum Gasteiger partial charge on any atom is 0.330 e. The summed E-state index contributed by atoms with van der Waals surface area (Å²) < 4.78 is 19.0. The zero-order valence-electron chi connectivity index (χ0n) is 17.2. The van der Waals surface area contributed by atoms with Gasteiger partial charge in [-0.3, -0.25) is 14.3 Å². The lowest BCUT2D eigenvalue weighted by Crippen LogP contribution is -2.35. The molecule has 0 unspecified atom stereocenters. The summed E-state index contributed by atoms with van der Waals surface area (Å²) in [4.78, 5) is 25.7. The van der Waals surface area contributed by atoms with Gasteiger partial charge >= 0.3 is 5.69 Å². The first kappa shape index (κ1) is 22.4. The van der Waals surface area contributed by atoms with Gasteiger partial charge in [0.1, 0.15) is 6.10 Å². The van der Waals surface area contributed by atoms with Crippen molar-refractivity contribution in [3.8, 4) is 0 Å². The molecule has 0 saturated carbocycles. The van der Waals surface area contributed by atoms with Crippen molar-refractivity contribution in [2.75, 3.05) is 13.2 Å². The zero-order chi connectivity index (χ0) is 21.9. The van der Waals surface area contributed by atoms with E-state index in [4.69, 9.17) is 14.2 Å². The molecule has 7 nitrogen and oxygen atoms in total. The molecule has 0 saturated heterocycles. The van der Waals surface area contributed by atoms with Gasteiger partial charge in [0.2, 0.25) is 0 Å². The maximum absolute atomic E-state index is 12.1. The fourth-order valence-electron chi connectivity index (χ4n) is 2.95. The largest absolute Gasteiger partial charge is 0.374 e. The Bertz CT molecular complexity index is 1000. The van der Waals surface area contributed by atoms with Crippen molar-refractivity contribution >= 4 is 0 Å².